The molecular formula is C19H20N4S. The van der Waals surface area contributed by atoms with Gasteiger partial charge in [0, 0.05) is 32.7 Å². The van der Waals surface area contributed by atoms with Crippen LogP contribution in [0.3, 0.4) is 0 Å². The second-order valence-electron chi connectivity index (χ2n) is 5.93. The molecule has 1 aliphatic rings. The zero-order chi connectivity index (χ0) is 16.2. The van der Waals surface area contributed by atoms with E-state index in [9.17, 15) is 0 Å². The maximum atomic E-state index is 4.52. The van der Waals surface area contributed by atoms with Gasteiger partial charge in [-0.3, -0.25) is 4.90 Å². The molecule has 3 aromatic rings. The molecule has 0 bridgehead atoms. The van der Waals surface area contributed by atoms with Gasteiger partial charge in [0.1, 0.15) is 12.1 Å². The van der Waals surface area contributed by atoms with E-state index < -0.39 is 0 Å². The Morgan fingerprint density at radius 3 is 2.67 bits per heavy atom. The minimum Gasteiger partial charge on any atom is -0.353 e. The summed E-state index contributed by atoms with van der Waals surface area (Å²) in [6.45, 7) is 5.17. The van der Waals surface area contributed by atoms with Gasteiger partial charge in [0.25, 0.3) is 0 Å². The van der Waals surface area contributed by atoms with Crippen molar-refractivity contribution in [1.29, 1.82) is 0 Å². The van der Waals surface area contributed by atoms with Gasteiger partial charge in [0.15, 0.2) is 0 Å². The van der Waals surface area contributed by atoms with Crippen LogP contribution in [0.5, 0.6) is 0 Å². The van der Waals surface area contributed by atoms with Gasteiger partial charge in [-0.15, -0.1) is 11.3 Å². The highest BCUT2D eigenvalue weighted by Crippen LogP contribution is 2.28. The van der Waals surface area contributed by atoms with Crippen molar-refractivity contribution in [2.75, 3.05) is 37.6 Å². The molecule has 122 valence electrons. The molecule has 5 heteroatoms. The number of benzene rings is 1. The molecule has 4 rings (SSSR count). The van der Waals surface area contributed by atoms with E-state index >= 15 is 0 Å². The minimum absolute atomic E-state index is 1.00. The summed E-state index contributed by atoms with van der Waals surface area (Å²) in [5, 5.41) is 2.09. The van der Waals surface area contributed by atoms with Gasteiger partial charge in [0.2, 0.25) is 0 Å². The third-order valence-corrected chi connectivity index (χ3v) is 5.27. The first-order chi connectivity index (χ1) is 11.9. The van der Waals surface area contributed by atoms with E-state index in [0.29, 0.717) is 0 Å². The summed E-state index contributed by atoms with van der Waals surface area (Å²) in [5.74, 6) is 1.09. The molecule has 24 heavy (non-hydrogen) atoms. The molecule has 4 nitrogen and oxygen atoms in total. The van der Waals surface area contributed by atoms with E-state index in [4.69, 9.17) is 0 Å². The van der Waals surface area contributed by atoms with Crippen LogP contribution in [0, 0.1) is 0 Å². The van der Waals surface area contributed by atoms with Crippen LogP contribution < -0.4 is 4.90 Å². The van der Waals surface area contributed by atoms with Crippen molar-refractivity contribution in [3.05, 3.63) is 59.7 Å². The van der Waals surface area contributed by atoms with Gasteiger partial charge < -0.3 is 4.90 Å². The van der Waals surface area contributed by atoms with E-state index in [1.807, 2.05) is 6.07 Å². The lowest BCUT2D eigenvalue weighted by Crippen LogP contribution is -2.46. The zero-order valence-electron chi connectivity index (χ0n) is 13.5. The smallest absolute Gasteiger partial charge is 0.150 e. The number of anilines is 1. The summed E-state index contributed by atoms with van der Waals surface area (Å²) in [6.07, 6.45) is 6.14. The highest BCUT2D eigenvalue weighted by atomic mass is 32.1. The third-order valence-electron chi connectivity index (χ3n) is 4.37. The number of rotatable bonds is 4. The summed E-state index contributed by atoms with van der Waals surface area (Å²) in [7, 11) is 0. The Morgan fingerprint density at radius 1 is 1.00 bits per heavy atom. The minimum atomic E-state index is 1.00. The molecule has 0 aliphatic carbocycles. The van der Waals surface area contributed by atoms with Crippen LogP contribution in [0.2, 0.25) is 0 Å². The number of hydrogen-bond donors (Lipinski definition) is 0. The molecular weight excluding hydrogens is 316 g/mol. The molecule has 2 aromatic heterocycles. The highest BCUT2D eigenvalue weighted by Gasteiger charge is 2.19. The molecule has 0 saturated carbocycles. The zero-order valence-corrected chi connectivity index (χ0v) is 14.3. The van der Waals surface area contributed by atoms with Crippen molar-refractivity contribution >= 4 is 33.4 Å². The Balaban J connectivity index is 1.35. The van der Waals surface area contributed by atoms with Gasteiger partial charge in [-0.2, -0.15) is 0 Å². The second kappa shape index (κ2) is 7.11. The summed E-state index contributed by atoms with van der Waals surface area (Å²) in [6, 6.07) is 12.5. The number of nitrogens with zero attached hydrogens (tertiary/aromatic N) is 4. The first-order valence-electron chi connectivity index (χ1n) is 8.27. The van der Waals surface area contributed by atoms with Crippen LogP contribution in [0.1, 0.15) is 5.56 Å². The van der Waals surface area contributed by atoms with E-state index in [1.165, 1.54) is 10.3 Å². The van der Waals surface area contributed by atoms with Crippen molar-refractivity contribution in [2.45, 2.75) is 0 Å². The van der Waals surface area contributed by atoms with Crippen LogP contribution in [-0.4, -0.2) is 47.6 Å². The summed E-state index contributed by atoms with van der Waals surface area (Å²) in [5.41, 5.74) is 2.32. The summed E-state index contributed by atoms with van der Waals surface area (Å²) >= 11 is 1.73. The average Bonchev–Trinajstić information content (AvgIpc) is 3.12. The van der Waals surface area contributed by atoms with E-state index in [0.717, 1.165) is 44.1 Å². The molecule has 0 atom stereocenters. The maximum absolute atomic E-state index is 4.52. The van der Waals surface area contributed by atoms with Crippen LogP contribution in [-0.2, 0) is 0 Å². The second-order valence-corrected chi connectivity index (χ2v) is 6.85. The fourth-order valence-electron chi connectivity index (χ4n) is 3.05. The molecule has 0 N–H and O–H groups in total. The Hall–Kier alpha value is -2.24. The van der Waals surface area contributed by atoms with Gasteiger partial charge >= 0.3 is 0 Å². The Labute approximate surface area is 146 Å². The average molecular weight is 336 g/mol. The largest absolute Gasteiger partial charge is 0.353 e. The first kappa shape index (κ1) is 15.3. The van der Waals surface area contributed by atoms with Crippen molar-refractivity contribution in [2.24, 2.45) is 0 Å². The number of fused-ring (bicyclic) bond motifs is 1. The molecule has 1 fully saturated rings. The number of thiophene rings is 1. The van der Waals surface area contributed by atoms with E-state index in [1.54, 1.807) is 17.7 Å². The van der Waals surface area contributed by atoms with Gasteiger partial charge in [-0.25, -0.2) is 9.97 Å². The quantitative estimate of drug-likeness (QED) is 0.730. The Kier molecular flexibility index (Phi) is 4.53. The van der Waals surface area contributed by atoms with Crippen molar-refractivity contribution < 1.29 is 0 Å². The van der Waals surface area contributed by atoms with Crippen LogP contribution >= 0.6 is 11.3 Å². The molecule has 1 saturated heterocycles. The van der Waals surface area contributed by atoms with Gasteiger partial charge in [-0.1, -0.05) is 42.5 Å². The van der Waals surface area contributed by atoms with Crippen LogP contribution in [0.15, 0.2) is 54.2 Å². The molecule has 3 heterocycles. The van der Waals surface area contributed by atoms with Gasteiger partial charge in [-0.05, 0) is 17.0 Å². The number of piperazine rings is 1. The normalized spacial score (nSPS) is 16.2. The van der Waals surface area contributed by atoms with Crippen molar-refractivity contribution in [3.63, 3.8) is 0 Å². The molecule has 1 aliphatic heterocycles. The SMILES string of the molecule is C(=Cc1ccccc1)CN1CCN(c2ncnc3ccsc23)CC1. The number of hydrogen-bond acceptors (Lipinski definition) is 5. The summed E-state index contributed by atoms with van der Waals surface area (Å²) < 4.78 is 1.20. The van der Waals surface area contributed by atoms with Crippen LogP contribution in [0.4, 0.5) is 5.82 Å². The maximum Gasteiger partial charge on any atom is 0.150 e. The van der Waals surface area contributed by atoms with E-state index in [-0.39, 0.29) is 0 Å². The lowest BCUT2D eigenvalue weighted by atomic mass is 10.2. The molecule has 1 aromatic carbocycles. The van der Waals surface area contributed by atoms with Crippen molar-refractivity contribution in [1.82, 2.24) is 14.9 Å². The third kappa shape index (κ3) is 3.32. The predicted octanol–water partition coefficient (Wildman–Crippen LogP) is 3.53. The fraction of sp³-hybridized carbons (Fsp3) is 0.263. The Morgan fingerprint density at radius 2 is 1.83 bits per heavy atom. The predicted molar refractivity (Wildman–Crippen MR) is 102 cm³/mol. The van der Waals surface area contributed by atoms with E-state index in [2.05, 4.69) is 67.6 Å². The highest BCUT2D eigenvalue weighted by molar-refractivity contribution is 7.17. The fourth-order valence-corrected chi connectivity index (χ4v) is 3.91. The summed E-state index contributed by atoms with van der Waals surface area (Å²) in [4.78, 5) is 13.7. The Bertz CT molecular complexity index is 820. The lowest BCUT2D eigenvalue weighted by molar-refractivity contribution is 0.284. The van der Waals surface area contributed by atoms with Gasteiger partial charge in [0.05, 0.1) is 10.2 Å². The lowest BCUT2D eigenvalue weighted by Gasteiger charge is -2.34. The topological polar surface area (TPSA) is 32.3 Å². The standard InChI is InChI=1S/C19H20N4S/c1-2-5-16(6-3-1)7-4-9-22-10-12-23(13-11-22)19-18-17(8-14-24-18)20-15-21-19/h1-8,14-15H,9-13H2. The molecule has 0 unspecified atom stereocenters. The molecule has 0 spiro atoms. The monoisotopic (exact) mass is 336 g/mol. The first-order valence-corrected chi connectivity index (χ1v) is 9.15. The van der Waals surface area contributed by atoms with Crippen LogP contribution in [0.25, 0.3) is 16.3 Å². The molecule has 0 radical (unpaired) electrons. The van der Waals surface area contributed by atoms with Crippen molar-refractivity contribution in [3.8, 4) is 0 Å². The molecule has 0 amide bonds. The number of aromatic nitrogens is 2.